The van der Waals surface area contributed by atoms with E-state index in [-0.39, 0.29) is 0 Å². The summed E-state index contributed by atoms with van der Waals surface area (Å²) in [6.45, 7) is 4.53. The monoisotopic (exact) mass is 205 g/mol. The van der Waals surface area contributed by atoms with Crippen molar-refractivity contribution in [3.63, 3.8) is 0 Å². The van der Waals surface area contributed by atoms with E-state index in [0.717, 1.165) is 0 Å². The van der Waals surface area contributed by atoms with Gasteiger partial charge in [0.25, 0.3) is 0 Å². The minimum atomic E-state index is 0.612. The van der Waals surface area contributed by atoms with E-state index < -0.39 is 0 Å². The van der Waals surface area contributed by atoms with Gasteiger partial charge in [-0.2, -0.15) is 0 Å². The van der Waals surface area contributed by atoms with Gasteiger partial charge in [-0.15, -0.1) is 0 Å². The maximum absolute atomic E-state index is 5.72. The van der Waals surface area contributed by atoms with E-state index in [1.54, 1.807) is 6.20 Å². The molecule has 2 rings (SSSR count). The minimum Gasteiger partial charge on any atom is -0.384 e. The second-order valence-electron chi connectivity index (χ2n) is 4.33. The van der Waals surface area contributed by atoms with Crippen molar-refractivity contribution < 1.29 is 0 Å². The van der Waals surface area contributed by atoms with Gasteiger partial charge in [-0.3, -0.25) is 0 Å². The number of nitrogens with zero attached hydrogens (tertiary/aromatic N) is 2. The maximum atomic E-state index is 5.72. The van der Waals surface area contributed by atoms with Gasteiger partial charge in [0.1, 0.15) is 5.82 Å². The van der Waals surface area contributed by atoms with Crippen molar-refractivity contribution in [2.24, 2.45) is 0 Å². The molecule has 0 aliphatic carbocycles. The van der Waals surface area contributed by atoms with Crippen LogP contribution in [0.2, 0.25) is 0 Å². The first-order valence-corrected chi connectivity index (χ1v) is 5.72. The number of aromatic nitrogens is 1. The number of hydrogen-bond acceptors (Lipinski definition) is 3. The van der Waals surface area contributed by atoms with E-state index >= 15 is 0 Å². The van der Waals surface area contributed by atoms with Crippen molar-refractivity contribution >= 4 is 11.5 Å². The number of nitrogens with two attached hydrogens (primary N) is 1. The van der Waals surface area contributed by atoms with E-state index in [0.29, 0.717) is 17.9 Å². The Morgan fingerprint density at radius 3 is 3.00 bits per heavy atom. The fourth-order valence-corrected chi connectivity index (χ4v) is 2.53. The average molecular weight is 205 g/mol. The molecule has 0 radical (unpaired) electrons. The number of nitrogen functional groups attached to an aromatic ring is 1. The van der Waals surface area contributed by atoms with E-state index in [1.165, 1.54) is 24.9 Å². The molecule has 0 saturated carbocycles. The quantitative estimate of drug-likeness (QED) is 0.806. The van der Waals surface area contributed by atoms with Crippen LogP contribution in [-0.4, -0.2) is 17.1 Å². The maximum Gasteiger partial charge on any atom is 0.125 e. The highest BCUT2D eigenvalue weighted by atomic mass is 15.2. The summed E-state index contributed by atoms with van der Waals surface area (Å²) < 4.78 is 0. The van der Waals surface area contributed by atoms with Crippen molar-refractivity contribution in [1.29, 1.82) is 0 Å². The lowest BCUT2D eigenvalue weighted by molar-refractivity contribution is 0.628. The Morgan fingerprint density at radius 2 is 2.33 bits per heavy atom. The van der Waals surface area contributed by atoms with Crippen molar-refractivity contribution in [2.45, 2.75) is 45.2 Å². The van der Waals surface area contributed by atoms with Crippen LogP contribution in [0.4, 0.5) is 11.5 Å². The van der Waals surface area contributed by atoms with Crippen LogP contribution in [0.5, 0.6) is 0 Å². The summed E-state index contributed by atoms with van der Waals surface area (Å²) in [5, 5.41) is 0. The zero-order chi connectivity index (χ0) is 10.8. The van der Waals surface area contributed by atoms with Crippen LogP contribution in [-0.2, 0) is 0 Å². The van der Waals surface area contributed by atoms with Crippen LogP contribution in [0.3, 0.4) is 0 Å². The molecule has 2 heterocycles. The lowest BCUT2D eigenvalue weighted by Gasteiger charge is -2.30. The Kier molecular flexibility index (Phi) is 2.80. The molecule has 1 saturated heterocycles. The van der Waals surface area contributed by atoms with Gasteiger partial charge in [-0.1, -0.05) is 6.92 Å². The van der Waals surface area contributed by atoms with Gasteiger partial charge in [0.2, 0.25) is 0 Å². The second kappa shape index (κ2) is 4.09. The second-order valence-corrected chi connectivity index (χ2v) is 4.33. The van der Waals surface area contributed by atoms with Gasteiger partial charge in [-0.05, 0) is 32.3 Å². The van der Waals surface area contributed by atoms with E-state index in [1.807, 2.05) is 6.07 Å². The van der Waals surface area contributed by atoms with Crippen molar-refractivity contribution in [1.82, 2.24) is 4.98 Å². The molecule has 0 spiro atoms. The number of pyridine rings is 1. The third-order valence-electron chi connectivity index (χ3n) is 3.32. The first-order valence-electron chi connectivity index (χ1n) is 5.72. The molecule has 1 aliphatic rings. The van der Waals surface area contributed by atoms with Gasteiger partial charge in [0.15, 0.2) is 0 Å². The Morgan fingerprint density at radius 1 is 1.53 bits per heavy atom. The molecule has 1 aromatic rings. The molecule has 3 heteroatoms. The molecule has 0 amide bonds. The summed E-state index contributed by atoms with van der Waals surface area (Å²) in [4.78, 5) is 6.52. The average Bonchev–Trinajstić information content (AvgIpc) is 2.59. The number of hydrogen-bond donors (Lipinski definition) is 1. The highest BCUT2D eigenvalue weighted by molar-refractivity contribution is 5.54. The molecule has 1 aromatic heterocycles. The summed E-state index contributed by atoms with van der Waals surface area (Å²) >= 11 is 0. The van der Waals surface area contributed by atoms with Gasteiger partial charge >= 0.3 is 0 Å². The smallest absolute Gasteiger partial charge is 0.125 e. The van der Waals surface area contributed by atoms with Crippen molar-refractivity contribution in [3.05, 3.63) is 18.3 Å². The summed E-state index contributed by atoms with van der Waals surface area (Å²) in [5.74, 6) is 0.612. The van der Waals surface area contributed by atoms with Crippen molar-refractivity contribution in [3.8, 4) is 0 Å². The fourth-order valence-electron chi connectivity index (χ4n) is 2.53. The zero-order valence-corrected chi connectivity index (χ0v) is 9.48. The highest BCUT2D eigenvalue weighted by Crippen LogP contribution is 2.32. The van der Waals surface area contributed by atoms with Crippen LogP contribution >= 0.6 is 0 Å². The van der Waals surface area contributed by atoms with E-state index in [4.69, 9.17) is 5.73 Å². The lowest BCUT2D eigenvalue weighted by atomic mass is 10.1. The fraction of sp³-hybridized carbons (Fsp3) is 0.583. The van der Waals surface area contributed by atoms with Crippen LogP contribution in [0, 0.1) is 0 Å². The Bertz CT molecular complexity index is 337. The SMILES string of the molecule is CCC1CCC(C)N1c1ccnc(N)c1. The topological polar surface area (TPSA) is 42.2 Å². The molecule has 0 bridgehead atoms. The number of rotatable bonds is 2. The summed E-state index contributed by atoms with van der Waals surface area (Å²) in [5.41, 5.74) is 6.94. The highest BCUT2D eigenvalue weighted by Gasteiger charge is 2.29. The third kappa shape index (κ3) is 1.91. The van der Waals surface area contributed by atoms with E-state index in [9.17, 15) is 0 Å². The van der Waals surface area contributed by atoms with Gasteiger partial charge < -0.3 is 10.6 Å². The first kappa shape index (κ1) is 10.3. The molecule has 15 heavy (non-hydrogen) atoms. The number of anilines is 2. The van der Waals surface area contributed by atoms with Gasteiger partial charge in [-0.25, -0.2) is 4.98 Å². The lowest BCUT2D eigenvalue weighted by Crippen LogP contribution is -2.34. The summed E-state index contributed by atoms with van der Waals surface area (Å²) in [7, 11) is 0. The third-order valence-corrected chi connectivity index (χ3v) is 3.32. The molecule has 2 unspecified atom stereocenters. The molecule has 2 N–H and O–H groups in total. The molecule has 0 aromatic carbocycles. The first-order chi connectivity index (χ1) is 7.22. The summed E-state index contributed by atoms with van der Waals surface area (Å²) in [6.07, 6.45) is 5.57. The molecule has 3 nitrogen and oxygen atoms in total. The Hall–Kier alpha value is -1.25. The van der Waals surface area contributed by atoms with E-state index in [2.05, 4.69) is 29.8 Å². The zero-order valence-electron chi connectivity index (χ0n) is 9.48. The van der Waals surface area contributed by atoms with Crippen LogP contribution in [0.15, 0.2) is 18.3 Å². The Balaban J connectivity index is 2.28. The van der Waals surface area contributed by atoms with Gasteiger partial charge in [0, 0.05) is 30.0 Å². The minimum absolute atomic E-state index is 0.612. The van der Waals surface area contributed by atoms with Crippen LogP contribution < -0.4 is 10.6 Å². The molecule has 82 valence electrons. The van der Waals surface area contributed by atoms with Gasteiger partial charge in [0.05, 0.1) is 0 Å². The summed E-state index contributed by atoms with van der Waals surface area (Å²) in [6, 6.07) is 5.32. The van der Waals surface area contributed by atoms with Crippen LogP contribution in [0.25, 0.3) is 0 Å². The molecular weight excluding hydrogens is 186 g/mol. The Labute approximate surface area is 91.3 Å². The predicted molar refractivity (Wildman–Crippen MR) is 63.9 cm³/mol. The molecule has 1 aliphatic heterocycles. The predicted octanol–water partition coefficient (Wildman–Crippen LogP) is 2.43. The molecular formula is C12H19N3. The molecule has 1 fully saturated rings. The van der Waals surface area contributed by atoms with Crippen molar-refractivity contribution in [2.75, 3.05) is 10.6 Å². The largest absolute Gasteiger partial charge is 0.384 e. The normalized spacial score (nSPS) is 25.9. The molecule has 2 atom stereocenters. The van der Waals surface area contributed by atoms with Crippen LogP contribution in [0.1, 0.15) is 33.1 Å². The standard InChI is InChI=1S/C12H19N3/c1-3-10-5-4-9(2)15(10)11-6-7-14-12(13)8-11/h6-10H,3-5H2,1-2H3,(H2,13,14).